The van der Waals surface area contributed by atoms with Crippen LogP contribution in [0.1, 0.15) is 12.5 Å². The summed E-state index contributed by atoms with van der Waals surface area (Å²) in [5.41, 5.74) is 0.948. The van der Waals surface area contributed by atoms with Gasteiger partial charge >= 0.3 is 6.09 Å². The molecule has 2 aromatic rings. The Bertz CT molecular complexity index is 554. The number of benzene rings is 1. The SMILES string of the molecule is CC(=O)O.O=C(Nc1ccccn1)OCc1ccccc1. The fraction of sp³-hybridized carbons (Fsp3) is 0.133. The lowest BCUT2D eigenvalue weighted by Gasteiger charge is -2.05. The van der Waals surface area contributed by atoms with E-state index in [-0.39, 0.29) is 6.61 Å². The number of amides is 1. The lowest BCUT2D eigenvalue weighted by molar-refractivity contribution is -0.134. The van der Waals surface area contributed by atoms with Crippen LogP contribution in [0, 0.1) is 0 Å². The first-order valence-electron chi connectivity index (χ1n) is 6.16. The highest BCUT2D eigenvalue weighted by Gasteiger charge is 2.03. The smallest absolute Gasteiger partial charge is 0.413 e. The van der Waals surface area contributed by atoms with Crippen LogP contribution in [0.25, 0.3) is 0 Å². The largest absolute Gasteiger partial charge is 0.481 e. The van der Waals surface area contributed by atoms with E-state index in [4.69, 9.17) is 14.6 Å². The van der Waals surface area contributed by atoms with E-state index in [1.165, 1.54) is 0 Å². The van der Waals surface area contributed by atoms with Crippen molar-refractivity contribution in [2.24, 2.45) is 0 Å². The molecule has 0 saturated carbocycles. The summed E-state index contributed by atoms with van der Waals surface area (Å²) in [6.45, 7) is 1.33. The summed E-state index contributed by atoms with van der Waals surface area (Å²) in [5.74, 6) is -0.356. The summed E-state index contributed by atoms with van der Waals surface area (Å²) in [7, 11) is 0. The first kappa shape index (κ1) is 16.2. The van der Waals surface area contributed by atoms with Crippen LogP contribution in [0.3, 0.4) is 0 Å². The van der Waals surface area contributed by atoms with Crippen molar-refractivity contribution < 1.29 is 19.4 Å². The Balaban J connectivity index is 0.000000491. The lowest BCUT2D eigenvalue weighted by Crippen LogP contribution is -2.14. The first-order valence-corrected chi connectivity index (χ1v) is 6.16. The molecule has 0 aliphatic heterocycles. The maximum absolute atomic E-state index is 11.4. The minimum Gasteiger partial charge on any atom is -0.481 e. The van der Waals surface area contributed by atoms with Crippen molar-refractivity contribution in [2.75, 3.05) is 5.32 Å². The number of ether oxygens (including phenoxy) is 1. The Hall–Kier alpha value is -2.89. The summed E-state index contributed by atoms with van der Waals surface area (Å²) >= 11 is 0. The Morgan fingerprint density at radius 1 is 1.14 bits per heavy atom. The second-order valence-corrected chi connectivity index (χ2v) is 3.92. The highest BCUT2D eigenvalue weighted by atomic mass is 16.5. The van der Waals surface area contributed by atoms with Gasteiger partial charge in [-0.05, 0) is 17.7 Å². The fourth-order valence-electron chi connectivity index (χ4n) is 1.30. The minimum atomic E-state index is -0.833. The van der Waals surface area contributed by atoms with Crippen LogP contribution >= 0.6 is 0 Å². The molecule has 0 saturated heterocycles. The molecule has 1 aromatic heterocycles. The lowest BCUT2D eigenvalue weighted by atomic mass is 10.2. The zero-order valence-corrected chi connectivity index (χ0v) is 11.5. The molecule has 6 nitrogen and oxygen atoms in total. The number of carboxylic acid groups (broad SMARTS) is 1. The standard InChI is InChI=1S/C13H12N2O2.C2H4O2/c16-13(15-12-8-4-5-9-14-12)17-10-11-6-2-1-3-7-11;1-2(3)4/h1-9H,10H2,(H,14,15,16);1H3,(H,3,4). The van der Waals surface area contributed by atoms with E-state index in [0.717, 1.165) is 12.5 Å². The van der Waals surface area contributed by atoms with Crippen molar-refractivity contribution in [1.29, 1.82) is 0 Å². The van der Waals surface area contributed by atoms with Gasteiger partial charge in [-0.1, -0.05) is 36.4 Å². The number of carboxylic acids is 1. The number of carbonyl (C=O) groups excluding carboxylic acids is 1. The third kappa shape index (κ3) is 7.99. The number of anilines is 1. The Morgan fingerprint density at radius 2 is 1.76 bits per heavy atom. The molecule has 1 aromatic carbocycles. The predicted molar refractivity (Wildman–Crippen MR) is 77.8 cm³/mol. The molecule has 6 heteroatoms. The third-order valence-corrected chi connectivity index (χ3v) is 2.11. The van der Waals surface area contributed by atoms with Gasteiger partial charge in [0.1, 0.15) is 12.4 Å². The number of carbonyl (C=O) groups is 2. The van der Waals surface area contributed by atoms with Gasteiger partial charge in [0, 0.05) is 13.1 Å². The Morgan fingerprint density at radius 3 is 2.33 bits per heavy atom. The van der Waals surface area contributed by atoms with Crippen molar-refractivity contribution >= 4 is 17.9 Å². The summed E-state index contributed by atoms with van der Waals surface area (Å²) in [5, 5.41) is 9.96. The van der Waals surface area contributed by atoms with E-state index in [2.05, 4.69) is 10.3 Å². The molecule has 1 amide bonds. The van der Waals surface area contributed by atoms with Gasteiger partial charge in [-0.2, -0.15) is 0 Å². The number of aliphatic carboxylic acids is 1. The van der Waals surface area contributed by atoms with E-state index >= 15 is 0 Å². The zero-order valence-electron chi connectivity index (χ0n) is 11.5. The van der Waals surface area contributed by atoms with Gasteiger partial charge in [-0.25, -0.2) is 9.78 Å². The maximum atomic E-state index is 11.4. The normalized spacial score (nSPS) is 9.00. The molecular formula is C15H16N2O4. The minimum absolute atomic E-state index is 0.250. The molecule has 0 spiro atoms. The monoisotopic (exact) mass is 288 g/mol. The number of nitrogens with zero attached hydrogens (tertiary/aromatic N) is 1. The molecule has 110 valence electrons. The van der Waals surface area contributed by atoms with Crippen molar-refractivity contribution in [3.05, 3.63) is 60.3 Å². The van der Waals surface area contributed by atoms with Gasteiger partial charge in [0.05, 0.1) is 0 Å². The van der Waals surface area contributed by atoms with Gasteiger partial charge in [0.25, 0.3) is 5.97 Å². The zero-order chi connectivity index (χ0) is 15.5. The number of nitrogens with one attached hydrogen (secondary N) is 1. The fourth-order valence-corrected chi connectivity index (χ4v) is 1.30. The molecule has 1 heterocycles. The summed E-state index contributed by atoms with van der Waals surface area (Å²) in [6.07, 6.45) is 1.10. The van der Waals surface area contributed by atoms with Gasteiger partial charge < -0.3 is 9.84 Å². The molecule has 0 bridgehead atoms. The molecule has 0 unspecified atom stereocenters. The molecule has 0 atom stereocenters. The predicted octanol–water partition coefficient (Wildman–Crippen LogP) is 2.92. The van der Waals surface area contributed by atoms with Crippen LogP contribution in [-0.2, 0) is 16.1 Å². The van der Waals surface area contributed by atoms with Crippen LogP contribution in [0.5, 0.6) is 0 Å². The quantitative estimate of drug-likeness (QED) is 0.906. The van der Waals surface area contributed by atoms with Crippen LogP contribution < -0.4 is 5.32 Å². The molecule has 0 radical (unpaired) electrons. The van der Waals surface area contributed by atoms with Crippen molar-refractivity contribution in [3.8, 4) is 0 Å². The van der Waals surface area contributed by atoms with Gasteiger partial charge in [-0.15, -0.1) is 0 Å². The van der Waals surface area contributed by atoms with Crippen LogP contribution in [0.2, 0.25) is 0 Å². The van der Waals surface area contributed by atoms with Crippen molar-refractivity contribution in [1.82, 2.24) is 4.98 Å². The van der Waals surface area contributed by atoms with E-state index in [1.807, 2.05) is 30.3 Å². The average molecular weight is 288 g/mol. The van der Waals surface area contributed by atoms with E-state index < -0.39 is 12.1 Å². The molecule has 21 heavy (non-hydrogen) atoms. The highest BCUT2D eigenvalue weighted by molar-refractivity contribution is 5.83. The summed E-state index contributed by atoms with van der Waals surface area (Å²) < 4.78 is 5.04. The van der Waals surface area contributed by atoms with E-state index in [9.17, 15) is 4.79 Å². The third-order valence-electron chi connectivity index (χ3n) is 2.11. The molecule has 0 aliphatic carbocycles. The van der Waals surface area contributed by atoms with Crippen molar-refractivity contribution in [3.63, 3.8) is 0 Å². The molecule has 2 N–H and O–H groups in total. The number of pyridine rings is 1. The molecular weight excluding hydrogens is 272 g/mol. The van der Waals surface area contributed by atoms with E-state index in [1.54, 1.807) is 24.4 Å². The molecule has 2 rings (SSSR count). The highest BCUT2D eigenvalue weighted by Crippen LogP contribution is 2.04. The average Bonchev–Trinajstić information content (AvgIpc) is 2.47. The maximum Gasteiger partial charge on any atom is 0.413 e. The molecule has 0 aliphatic rings. The second-order valence-electron chi connectivity index (χ2n) is 3.92. The Kier molecular flexibility index (Phi) is 6.99. The van der Waals surface area contributed by atoms with Crippen LogP contribution in [0.15, 0.2) is 54.7 Å². The Labute approximate surface area is 122 Å². The summed E-state index contributed by atoms with van der Waals surface area (Å²) in [4.78, 5) is 24.4. The van der Waals surface area contributed by atoms with Crippen LogP contribution in [0.4, 0.5) is 10.6 Å². The van der Waals surface area contributed by atoms with Gasteiger partial charge in [0.15, 0.2) is 0 Å². The second kappa shape index (κ2) is 9.08. The van der Waals surface area contributed by atoms with Crippen LogP contribution in [-0.4, -0.2) is 22.2 Å². The first-order chi connectivity index (χ1) is 10.1. The topological polar surface area (TPSA) is 88.5 Å². The van der Waals surface area contributed by atoms with Gasteiger partial charge in [-0.3, -0.25) is 10.1 Å². The summed E-state index contributed by atoms with van der Waals surface area (Å²) in [6, 6.07) is 14.8. The number of aromatic nitrogens is 1. The number of rotatable bonds is 3. The van der Waals surface area contributed by atoms with E-state index in [0.29, 0.717) is 5.82 Å². The molecule has 0 fully saturated rings. The number of hydrogen-bond donors (Lipinski definition) is 2. The van der Waals surface area contributed by atoms with Crippen molar-refractivity contribution in [2.45, 2.75) is 13.5 Å². The number of hydrogen-bond acceptors (Lipinski definition) is 4. The van der Waals surface area contributed by atoms with Gasteiger partial charge in [0.2, 0.25) is 0 Å².